The number of hydrazone groups is 1. The lowest BCUT2D eigenvalue weighted by atomic mass is 10.0. The van der Waals surface area contributed by atoms with E-state index in [0.29, 0.717) is 5.76 Å². The normalized spacial score (nSPS) is 21.3. The third-order valence-corrected chi connectivity index (χ3v) is 2.48. The maximum absolute atomic E-state index is 11.8. The standard InChI is InChI=1S/C11H14N2O2/c1-7(2)13-11(14)8(3)10(12-13)9-5-4-6-15-9/h4-8H,1-3H3. The van der Waals surface area contributed by atoms with Crippen LogP contribution in [0.3, 0.4) is 0 Å². The van der Waals surface area contributed by atoms with E-state index in [4.69, 9.17) is 4.42 Å². The Bertz CT molecular complexity index is 393. The van der Waals surface area contributed by atoms with Gasteiger partial charge >= 0.3 is 0 Å². The van der Waals surface area contributed by atoms with E-state index in [1.807, 2.05) is 26.8 Å². The second-order valence-electron chi connectivity index (χ2n) is 3.96. The Kier molecular flexibility index (Phi) is 2.34. The summed E-state index contributed by atoms with van der Waals surface area (Å²) in [6, 6.07) is 3.71. The van der Waals surface area contributed by atoms with Gasteiger partial charge in [0.25, 0.3) is 5.91 Å². The number of carbonyl (C=O) groups excluding carboxylic acids is 1. The highest BCUT2D eigenvalue weighted by Gasteiger charge is 2.35. The summed E-state index contributed by atoms with van der Waals surface area (Å²) in [6.07, 6.45) is 1.59. The van der Waals surface area contributed by atoms with Crippen molar-refractivity contribution in [2.75, 3.05) is 0 Å². The maximum Gasteiger partial charge on any atom is 0.251 e. The van der Waals surface area contributed by atoms with Crippen LogP contribution in [-0.2, 0) is 4.79 Å². The molecule has 1 amide bonds. The molecule has 1 aliphatic rings. The van der Waals surface area contributed by atoms with Gasteiger partial charge in [-0.15, -0.1) is 0 Å². The van der Waals surface area contributed by atoms with Crippen LogP contribution < -0.4 is 0 Å². The zero-order valence-corrected chi connectivity index (χ0v) is 9.10. The van der Waals surface area contributed by atoms with Gasteiger partial charge in [-0.25, -0.2) is 5.01 Å². The summed E-state index contributed by atoms with van der Waals surface area (Å²) in [7, 11) is 0. The molecule has 2 rings (SSSR count). The van der Waals surface area contributed by atoms with Crippen molar-refractivity contribution < 1.29 is 9.21 Å². The predicted octanol–water partition coefficient (Wildman–Crippen LogP) is 1.87. The molecule has 1 aromatic rings. The number of hydrogen-bond acceptors (Lipinski definition) is 3. The zero-order chi connectivity index (χ0) is 11.0. The Hall–Kier alpha value is -1.58. The van der Waals surface area contributed by atoms with Crippen LogP contribution in [0, 0.1) is 5.92 Å². The monoisotopic (exact) mass is 206 g/mol. The Labute approximate surface area is 88.6 Å². The largest absolute Gasteiger partial charge is 0.463 e. The average Bonchev–Trinajstić information content (AvgIpc) is 2.77. The van der Waals surface area contributed by atoms with Gasteiger partial charge in [-0.1, -0.05) is 0 Å². The van der Waals surface area contributed by atoms with Crippen LogP contribution in [0.2, 0.25) is 0 Å². The molecule has 15 heavy (non-hydrogen) atoms. The van der Waals surface area contributed by atoms with Crippen molar-refractivity contribution in [3.05, 3.63) is 24.2 Å². The number of hydrogen-bond donors (Lipinski definition) is 0. The lowest BCUT2D eigenvalue weighted by molar-refractivity contribution is -0.132. The molecule has 4 nitrogen and oxygen atoms in total. The Morgan fingerprint density at radius 1 is 1.53 bits per heavy atom. The van der Waals surface area contributed by atoms with Gasteiger partial charge in [0.05, 0.1) is 12.2 Å². The highest BCUT2D eigenvalue weighted by atomic mass is 16.3. The molecule has 0 spiro atoms. The minimum absolute atomic E-state index is 0.0383. The average molecular weight is 206 g/mol. The lowest BCUT2D eigenvalue weighted by Crippen LogP contribution is -2.31. The summed E-state index contributed by atoms with van der Waals surface area (Å²) < 4.78 is 5.25. The van der Waals surface area contributed by atoms with E-state index in [1.54, 1.807) is 12.3 Å². The van der Waals surface area contributed by atoms with Crippen molar-refractivity contribution in [1.29, 1.82) is 0 Å². The first-order valence-electron chi connectivity index (χ1n) is 5.06. The molecule has 80 valence electrons. The van der Waals surface area contributed by atoms with Gasteiger partial charge in [-0.3, -0.25) is 4.79 Å². The Balaban J connectivity index is 2.34. The third kappa shape index (κ3) is 1.56. The van der Waals surface area contributed by atoms with Crippen molar-refractivity contribution in [2.45, 2.75) is 26.8 Å². The number of nitrogens with zero attached hydrogens (tertiary/aromatic N) is 2. The van der Waals surface area contributed by atoms with Crippen LogP contribution in [0.4, 0.5) is 0 Å². The zero-order valence-electron chi connectivity index (χ0n) is 9.10. The molecule has 0 bridgehead atoms. The molecule has 0 N–H and O–H groups in total. The van der Waals surface area contributed by atoms with Crippen molar-refractivity contribution in [3.8, 4) is 0 Å². The molecular formula is C11H14N2O2. The topological polar surface area (TPSA) is 45.8 Å². The smallest absolute Gasteiger partial charge is 0.251 e. The molecule has 0 fully saturated rings. The molecule has 1 unspecified atom stereocenters. The molecule has 0 saturated carbocycles. The van der Waals surface area contributed by atoms with Gasteiger partial charge < -0.3 is 4.42 Å². The molecule has 1 aliphatic heterocycles. The fourth-order valence-electron chi connectivity index (χ4n) is 1.62. The van der Waals surface area contributed by atoms with Crippen LogP contribution in [0.5, 0.6) is 0 Å². The summed E-state index contributed by atoms with van der Waals surface area (Å²) in [5.41, 5.74) is 0.721. The molecule has 1 atom stereocenters. The van der Waals surface area contributed by atoms with Crippen LogP contribution >= 0.6 is 0 Å². The molecule has 0 aliphatic carbocycles. The van der Waals surface area contributed by atoms with E-state index < -0.39 is 0 Å². The predicted molar refractivity (Wildman–Crippen MR) is 56.4 cm³/mol. The number of carbonyl (C=O) groups is 1. The van der Waals surface area contributed by atoms with Crippen LogP contribution in [0.15, 0.2) is 27.9 Å². The molecule has 0 aromatic carbocycles. The van der Waals surface area contributed by atoms with E-state index in [1.165, 1.54) is 5.01 Å². The summed E-state index contributed by atoms with van der Waals surface area (Å²) >= 11 is 0. The first-order chi connectivity index (χ1) is 7.11. The van der Waals surface area contributed by atoms with Crippen molar-refractivity contribution in [3.63, 3.8) is 0 Å². The van der Waals surface area contributed by atoms with Gasteiger partial charge in [-0.05, 0) is 32.9 Å². The van der Waals surface area contributed by atoms with E-state index in [2.05, 4.69) is 5.10 Å². The molecule has 1 aromatic heterocycles. The Morgan fingerprint density at radius 3 is 2.73 bits per heavy atom. The number of amides is 1. The van der Waals surface area contributed by atoms with E-state index >= 15 is 0 Å². The van der Waals surface area contributed by atoms with Crippen molar-refractivity contribution in [2.24, 2.45) is 11.0 Å². The minimum atomic E-state index is -0.210. The quantitative estimate of drug-likeness (QED) is 0.741. The number of furan rings is 1. The molecule has 4 heteroatoms. The summed E-state index contributed by atoms with van der Waals surface area (Å²) in [5.74, 6) is 0.508. The van der Waals surface area contributed by atoms with Crippen molar-refractivity contribution >= 4 is 11.6 Å². The molecule has 0 saturated heterocycles. The van der Waals surface area contributed by atoms with E-state index in [0.717, 1.165) is 5.71 Å². The fourth-order valence-corrected chi connectivity index (χ4v) is 1.62. The van der Waals surface area contributed by atoms with Gasteiger partial charge in [0, 0.05) is 6.04 Å². The van der Waals surface area contributed by atoms with Crippen LogP contribution in [0.25, 0.3) is 0 Å². The second-order valence-corrected chi connectivity index (χ2v) is 3.96. The lowest BCUT2D eigenvalue weighted by Gasteiger charge is -2.16. The van der Waals surface area contributed by atoms with E-state index in [9.17, 15) is 4.79 Å². The van der Waals surface area contributed by atoms with E-state index in [-0.39, 0.29) is 17.9 Å². The van der Waals surface area contributed by atoms with Gasteiger partial charge in [-0.2, -0.15) is 5.10 Å². The molecule has 0 radical (unpaired) electrons. The summed E-state index contributed by atoms with van der Waals surface area (Å²) in [6.45, 7) is 5.74. The first kappa shape index (κ1) is 9.96. The fraction of sp³-hybridized carbons (Fsp3) is 0.455. The Morgan fingerprint density at radius 2 is 2.27 bits per heavy atom. The van der Waals surface area contributed by atoms with Crippen molar-refractivity contribution in [1.82, 2.24) is 5.01 Å². The van der Waals surface area contributed by atoms with Crippen LogP contribution in [0.1, 0.15) is 26.5 Å². The van der Waals surface area contributed by atoms with Gasteiger partial charge in [0.15, 0.2) is 5.76 Å². The number of rotatable bonds is 2. The highest BCUT2D eigenvalue weighted by molar-refractivity contribution is 6.14. The SMILES string of the molecule is CC1C(=O)N(C(C)C)N=C1c1ccco1. The molecule has 2 heterocycles. The highest BCUT2D eigenvalue weighted by Crippen LogP contribution is 2.22. The first-order valence-corrected chi connectivity index (χ1v) is 5.06. The summed E-state index contributed by atoms with van der Waals surface area (Å²) in [4.78, 5) is 11.8. The summed E-state index contributed by atoms with van der Waals surface area (Å²) in [5, 5.41) is 5.82. The van der Waals surface area contributed by atoms with Crippen LogP contribution in [-0.4, -0.2) is 22.7 Å². The van der Waals surface area contributed by atoms with Gasteiger partial charge in [0.2, 0.25) is 0 Å². The second kappa shape index (κ2) is 3.53. The third-order valence-electron chi connectivity index (χ3n) is 2.48. The minimum Gasteiger partial charge on any atom is -0.463 e. The van der Waals surface area contributed by atoms with Gasteiger partial charge in [0.1, 0.15) is 5.71 Å². The molecular weight excluding hydrogens is 192 g/mol. The maximum atomic E-state index is 11.8.